The van der Waals surface area contributed by atoms with Gasteiger partial charge in [-0.25, -0.2) is 0 Å². The second-order valence-electron chi connectivity index (χ2n) is 5.37. The van der Waals surface area contributed by atoms with Crippen LogP contribution in [-0.4, -0.2) is 36.1 Å². The third-order valence-corrected chi connectivity index (χ3v) is 3.53. The van der Waals surface area contributed by atoms with Crippen LogP contribution in [-0.2, 0) is 4.74 Å². The highest BCUT2D eigenvalue weighted by Crippen LogP contribution is 2.12. The Balaban J connectivity index is 3.16. The second kappa shape index (κ2) is 15.9. The van der Waals surface area contributed by atoms with Gasteiger partial charge in [0.2, 0.25) is 0 Å². The van der Waals surface area contributed by atoms with Gasteiger partial charge in [-0.2, -0.15) is 0 Å². The third-order valence-electron chi connectivity index (χ3n) is 3.53. The van der Waals surface area contributed by atoms with Crippen LogP contribution in [0.2, 0.25) is 0 Å². The lowest BCUT2D eigenvalue weighted by molar-refractivity contribution is -0.00870. The Morgan fingerprint density at radius 2 is 1.32 bits per heavy atom. The molecule has 1 atom stereocenters. The summed E-state index contributed by atoms with van der Waals surface area (Å²) in [5, 5.41) is 17.7. The Morgan fingerprint density at radius 1 is 0.789 bits per heavy atom. The minimum atomic E-state index is -0.0822. The lowest BCUT2D eigenvalue weighted by Gasteiger charge is -2.14. The van der Waals surface area contributed by atoms with Gasteiger partial charge in [0, 0.05) is 0 Å². The van der Waals surface area contributed by atoms with Crippen molar-refractivity contribution in [3.63, 3.8) is 0 Å². The van der Waals surface area contributed by atoms with E-state index in [4.69, 9.17) is 14.9 Å². The summed E-state index contributed by atoms with van der Waals surface area (Å²) in [7, 11) is 0. The van der Waals surface area contributed by atoms with Crippen LogP contribution in [0.15, 0.2) is 0 Å². The first-order valence-corrected chi connectivity index (χ1v) is 8.18. The molecule has 0 aromatic heterocycles. The molecule has 1 unspecified atom stereocenters. The van der Waals surface area contributed by atoms with Gasteiger partial charge in [0.1, 0.15) is 0 Å². The Kier molecular flexibility index (Phi) is 15.8. The Hall–Kier alpha value is -0.120. The van der Waals surface area contributed by atoms with E-state index in [0.29, 0.717) is 6.61 Å². The van der Waals surface area contributed by atoms with Crippen molar-refractivity contribution < 1.29 is 14.9 Å². The van der Waals surface area contributed by atoms with Crippen LogP contribution in [0.5, 0.6) is 0 Å². The zero-order valence-corrected chi connectivity index (χ0v) is 12.8. The lowest BCUT2D eigenvalue weighted by atomic mass is 10.0. The number of unbranched alkanes of at least 4 members (excludes halogenated alkanes) is 9. The van der Waals surface area contributed by atoms with E-state index in [9.17, 15) is 0 Å². The number of hydrogen-bond donors (Lipinski definition) is 2. The van der Waals surface area contributed by atoms with Crippen molar-refractivity contribution >= 4 is 0 Å². The predicted octanol–water partition coefficient (Wildman–Crippen LogP) is 3.67. The minimum absolute atomic E-state index is 0.0362. The average molecular weight is 274 g/mol. The first-order chi connectivity index (χ1) is 9.35. The van der Waals surface area contributed by atoms with Crippen LogP contribution >= 0.6 is 0 Å². The minimum Gasteiger partial charge on any atom is -0.394 e. The molecule has 0 spiro atoms. The molecule has 0 fully saturated rings. The molecule has 0 radical (unpaired) electrons. The van der Waals surface area contributed by atoms with E-state index in [-0.39, 0.29) is 19.3 Å². The van der Waals surface area contributed by atoms with Gasteiger partial charge in [0.05, 0.1) is 25.9 Å². The molecular weight excluding hydrogens is 240 g/mol. The molecule has 0 heterocycles. The highest BCUT2D eigenvalue weighted by atomic mass is 16.5. The molecule has 3 nitrogen and oxygen atoms in total. The quantitative estimate of drug-likeness (QED) is 0.448. The van der Waals surface area contributed by atoms with Crippen molar-refractivity contribution in [2.24, 2.45) is 0 Å². The van der Waals surface area contributed by atoms with Crippen molar-refractivity contribution in [3.8, 4) is 0 Å². The first kappa shape index (κ1) is 18.9. The molecule has 2 N–H and O–H groups in total. The van der Waals surface area contributed by atoms with Gasteiger partial charge in [-0.3, -0.25) is 0 Å². The molecule has 0 bridgehead atoms. The highest BCUT2D eigenvalue weighted by molar-refractivity contribution is 4.57. The molecule has 0 aliphatic heterocycles. The highest BCUT2D eigenvalue weighted by Gasteiger charge is 2.06. The SMILES string of the molecule is CCCCCCCCCCCCC(CO)OCCO. The van der Waals surface area contributed by atoms with Gasteiger partial charge in [-0.1, -0.05) is 71.1 Å². The van der Waals surface area contributed by atoms with Crippen molar-refractivity contribution in [2.75, 3.05) is 19.8 Å². The van der Waals surface area contributed by atoms with Crippen LogP contribution in [0.4, 0.5) is 0 Å². The maximum atomic E-state index is 9.09. The molecule has 0 saturated carbocycles. The standard InChI is InChI=1S/C16H34O3/c1-2-3-4-5-6-7-8-9-10-11-12-16(15-18)19-14-13-17/h16-18H,2-15H2,1H3. The molecule has 0 saturated heterocycles. The molecule has 3 heteroatoms. The summed E-state index contributed by atoms with van der Waals surface area (Å²) in [5.41, 5.74) is 0. The molecular formula is C16H34O3. The van der Waals surface area contributed by atoms with Crippen LogP contribution in [0.3, 0.4) is 0 Å². The molecule has 0 aliphatic carbocycles. The molecule has 0 amide bonds. The summed E-state index contributed by atoms with van der Waals surface area (Å²) in [4.78, 5) is 0. The Labute approximate surface area is 119 Å². The van der Waals surface area contributed by atoms with Gasteiger partial charge >= 0.3 is 0 Å². The Morgan fingerprint density at radius 3 is 1.79 bits per heavy atom. The third kappa shape index (κ3) is 14.1. The van der Waals surface area contributed by atoms with E-state index in [2.05, 4.69) is 6.92 Å². The summed E-state index contributed by atoms with van der Waals surface area (Å²) in [6.07, 6.45) is 14.1. The topological polar surface area (TPSA) is 49.7 Å². The molecule has 19 heavy (non-hydrogen) atoms. The fraction of sp³-hybridized carbons (Fsp3) is 1.00. The van der Waals surface area contributed by atoms with Gasteiger partial charge in [0.15, 0.2) is 0 Å². The largest absolute Gasteiger partial charge is 0.394 e. The van der Waals surface area contributed by atoms with Crippen molar-refractivity contribution in [1.82, 2.24) is 0 Å². The first-order valence-electron chi connectivity index (χ1n) is 8.18. The molecule has 0 aromatic rings. The van der Waals surface area contributed by atoms with E-state index in [1.807, 2.05) is 0 Å². The van der Waals surface area contributed by atoms with Crippen LogP contribution in [0, 0.1) is 0 Å². The molecule has 0 aromatic carbocycles. The van der Waals surface area contributed by atoms with Gasteiger partial charge in [-0.05, 0) is 6.42 Å². The summed E-state index contributed by atoms with van der Waals surface area (Å²) < 4.78 is 5.32. The monoisotopic (exact) mass is 274 g/mol. The van der Waals surface area contributed by atoms with Gasteiger partial charge in [0.25, 0.3) is 0 Å². The lowest BCUT2D eigenvalue weighted by Crippen LogP contribution is -2.19. The normalized spacial score (nSPS) is 12.8. The smallest absolute Gasteiger partial charge is 0.0806 e. The van der Waals surface area contributed by atoms with Gasteiger partial charge in [-0.15, -0.1) is 0 Å². The summed E-state index contributed by atoms with van der Waals surface area (Å²) in [6, 6.07) is 0. The summed E-state index contributed by atoms with van der Waals surface area (Å²) in [5.74, 6) is 0. The average Bonchev–Trinajstić information content (AvgIpc) is 2.44. The van der Waals surface area contributed by atoms with Crippen LogP contribution in [0.1, 0.15) is 77.6 Å². The number of aliphatic hydroxyl groups excluding tert-OH is 2. The van der Waals surface area contributed by atoms with Crippen molar-refractivity contribution in [1.29, 1.82) is 0 Å². The fourth-order valence-corrected chi connectivity index (χ4v) is 2.31. The summed E-state index contributed by atoms with van der Waals surface area (Å²) >= 11 is 0. The maximum Gasteiger partial charge on any atom is 0.0806 e. The van der Waals surface area contributed by atoms with E-state index in [1.165, 1.54) is 57.8 Å². The second-order valence-corrected chi connectivity index (χ2v) is 5.37. The number of aliphatic hydroxyl groups is 2. The maximum absolute atomic E-state index is 9.09. The molecule has 0 rings (SSSR count). The van der Waals surface area contributed by atoms with Crippen molar-refractivity contribution in [2.45, 2.75) is 83.7 Å². The number of hydrogen-bond acceptors (Lipinski definition) is 3. The Bertz CT molecular complexity index is 162. The van der Waals surface area contributed by atoms with Crippen LogP contribution in [0.25, 0.3) is 0 Å². The van der Waals surface area contributed by atoms with E-state index in [1.54, 1.807) is 0 Å². The number of ether oxygens (including phenoxy) is 1. The van der Waals surface area contributed by atoms with E-state index < -0.39 is 0 Å². The zero-order valence-electron chi connectivity index (χ0n) is 12.8. The molecule has 116 valence electrons. The van der Waals surface area contributed by atoms with E-state index in [0.717, 1.165) is 12.8 Å². The number of rotatable bonds is 15. The van der Waals surface area contributed by atoms with E-state index >= 15 is 0 Å². The summed E-state index contributed by atoms with van der Waals surface area (Å²) in [6.45, 7) is 2.69. The molecule has 0 aliphatic rings. The predicted molar refractivity (Wildman–Crippen MR) is 80.4 cm³/mol. The fourth-order valence-electron chi connectivity index (χ4n) is 2.31. The van der Waals surface area contributed by atoms with Gasteiger partial charge < -0.3 is 14.9 Å². The van der Waals surface area contributed by atoms with Crippen LogP contribution < -0.4 is 0 Å². The van der Waals surface area contributed by atoms with Crippen molar-refractivity contribution in [3.05, 3.63) is 0 Å². The zero-order chi connectivity index (χ0) is 14.2.